The molecule has 0 saturated heterocycles. The molecule has 2 aromatic rings. The SMILES string of the molecule is CC[C@H](NC(=O)N[C@@H]1CCCn2nc(C)nc21)c1ncc(C)s1. The lowest BCUT2D eigenvalue weighted by atomic mass is 10.1. The Balaban J connectivity index is 1.65. The number of urea groups is 1. The first kappa shape index (κ1) is 15.9. The average Bonchev–Trinajstić information content (AvgIpc) is 3.10. The minimum atomic E-state index is -0.177. The predicted molar refractivity (Wildman–Crippen MR) is 88.3 cm³/mol. The van der Waals surface area contributed by atoms with Crippen LogP contribution in [0.5, 0.6) is 0 Å². The van der Waals surface area contributed by atoms with E-state index in [0.29, 0.717) is 0 Å². The standard InChI is InChI=1S/C15H22N6OS/c1-4-11(14-16-8-9(2)23-14)18-15(22)19-12-6-5-7-21-13(12)17-10(3)20-21/h8,11-12H,4-7H2,1-3H3,(H2,18,19,22)/t11-,12+/m0/s1. The number of thiazole rings is 1. The number of aromatic nitrogens is 4. The number of amides is 2. The van der Waals surface area contributed by atoms with Crippen molar-refractivity contribution < 1.29 is 4.79 Å². The highest BCUT2D eigenvalue weighted by atomic mass is 32.1. The number of rotatable bonds is 4. The largest absolute Gasteiger partial charge is 0.329 e. The van der Waals surface area contributed by atoms with Gasteiger partial charge in [0.15, 0.2) is 0 Å². The monoisotopic (exact) mass is 334 g/mol. The molecule has 0 aliphatic carbocycles. The number of nitrogens with zero attached hydrogens (tertiary/aromatic N) is 4. The third-order valence-corrected chi connectivity index (χ3v) is 4.96. The Labute approximate surface area is 139 Å². The van der Waals surface area contributed by atoms with Gasteiger partial charge in [0.1, 0.15) is 16.7 Å². The number of nitrogens with one attached hydrogen (secondary N) is 2. The van der Waals surface area contributed by atoms with E-state index in [1.807, 2.05) is 31.6 Å². The Morgan fingerprint density at radius 2 is 2.35 bits per heavy atom. The van der Waals surface area contributed by atoms with Crippen molar-refractivity contribution >= 4 is 17.4 Å². The second kappa shape index (κ2) is 6.66. The Morgan fingerprint density at radius 3 is 3.04 bits per heavy atom. The number of carbonyl (C=O) groups excluding carboxylic acids is 1. The molecule has 0 aromatic carbocycles. The number of carbonyl (C=O) groups is 1. The van der Waals surface area contributed by atoms with Gasteiger partial charge in [-0.2, -0.15) is 5.10 Å². The number of hydrogen-bond donors (Lipinski definition) is 2. The first-order valence-corrected chi connectivity index (χ1v) is 8.79. The Hall–Kier alpha value is -1.96. The molecule has 0 fully saturated rings. The van der Waals surface area contributed by atoms with Crippen molar-refractivity contribution in [2.75, 3.05) is 0 Å². The van der Waals surface area contributed by atoms with Crippen LogP contribution in [0.1, 0.15) is 59.8 Å². The van der Waals surface area contributed by atoms with Crippen LogP contribution in [0, 0.1) is 13.8 Å². The van der Waals surface area contributed by atoms with Gasteiger partial charge >= 0.3 is 6.03 Å². The highest BCUT2D eigenvalue weighted by molar-refractivity contribution is 7.11. The van der Waals surface area contributed by atoms with Gasteiger partial charge in [0.05, 0.1) is 12.1 Å². The summed E-state index contributed by atoms with van der Waals surface area (Å²) in [7, 11) is 0. The van der Waals surface area contributed by atoms with Gasteiger partial charge in [-0.3, -0.25) is 0 Å². The van der Waals surface area contributed by atoms with E-state index in [0.717, 1.165) is 47.3 Å². The molecule has 0 saturated carbocycles. The third kappa shape index (κ3) is 3.52. The van der Waals surface area contributed by atoms with Gasteiger partial charge in [0.2, 0.25) is 0 Å². The smallest absolute Gasteiger partial charge is 0.315 e. The summed E-state index contributed by atoms with van der Waals surface area (Å²) in [6.07, 6.45) is 4.53. The number of fused-ring (bicyclic) bond motifs is 1. The molecule has 2 amide bonds. The molecule has 3 heterocycles. The van der Waals surface area contributed by atoms with Crippen LogP contribution < -0.4 is 10.6 Å². The molecule has 2 aromatic heterocycles. The molecular formula is C15H22N6OS. The minimum absolute atomic E-state index is 0.0584. The van der Waals surface area contributed by atoms with E-state index in [4.69, 9.17) is 0 Å². The minimum Gasteiger partial charge on any atom is -0.329 e. The quantitative estimate of drug-likeness (QED) is 0.900. The van der Waals surface area contributed by atoms with Crippen LogP contribution in [0.3, 0.4) is 0 Å². The summed E-state index contributed by atoms with van der Waals surface area (Å²) < 4.78 is 1.89. The first-order chi connectivity index (χ1) is 11.1. The molecule has 2 N–H and O–H groups in total. The maximum atomic E-state index is 12.4. The zero-order valence-corrected chi connectivity index (χ0v) is 14.5. The van der Waals surface area contributed by atoms with Gasteiger partial charge < -0.3 is 10.6 Å². The highest BCUT2D eigenvalue weighted by Gasteiger charge is 2.26. The lowest BCUT2D eigenvalue weighted by molar-refractivity contribution is 0.228. The van der Waals surface area contributed by atoms with E-state index >= 15 is 0 Å². The fourth-order valence-electron chi connectivity index (χ4n) is 2.83. The van der Waals surface area contributed by atoms with Crippen LogP contribution in [-0.4, -0.2) is 25.8 Å². The third-order valence-electron chi connectivity index (χ3n) is 3.94. The molecule has 2 atom stereocenters. The van der Waals surface area contributed by atoms with E-state index in [1.165, 1.54) is 0 Å². The first-order valence-electron chi connectivity index (χ1n) is 7.97. The van der Waals surface area contributed by atoms with Gasteiger partial charge in [0.25, 0.3) is 0 Å². The van der Waals surface area contributed by atoms with Gasteiger partial charge in [0, 0.05) is 17.6 Å². The fraction of sp³-hybridized carbons (Fsp3) is 0.600. The summed E-state index contributed by atoms with van der Waals surface area (Å²) >= 11 is 1.62. The van der Waals surface area contributed by atoms with E-state index in [9.17, 15) is 4.79 Å². The van der Waals surface area contributed by atoms with Gasteiger partial charge in [-0.1, -0.05) is 6.92 Å². The lowest BCUT2D eigenvalue weighted by Gasteiger charge is -2.24. The van der Waals surface area contributed by atoms with E-state index in [-0.39, 0.29) is 18.1 Å². The van der Waals surface area contributed by atoms with Crippen LogP contribution >= 0.6 is 11.3 Å². The summed E-state index contributed by atoms with van der Waals surface area (Å²) in [6, 6.07) is -0.318. The molecule has 8 heteroatoms. The van der Waals surface area contributed by atoms with Crippen LogP contribution in [0.15, 0.2) is 6.20 Å². The van der Waals surface area contributed by atoms with Crippen molar-refractivity contribution in [1.82, 2.24) is 30.4 Å². The van der Waals surface area contributed by atoms with Gasteiger partial charge in [-0.05, 0) is 33.1 Å². The normalized spacial score (nSPS) is 18.3. The van der Waals surface area contributed by atoms with Gasteiger partial charge in [-0.25, -0.2) is 19.4 Å². The highest BCUT2D eigenvalue weighted by Crippen LogP contribution is 2.24. The molecule has 124 valence electrons. The van der Waals surface area contributed by atoms with E-state index < -0.39 is 0 Å². The second-order valence-electron chi connectivity index (χ2n) is 5.82. The topological polar surface area (TPSA) is 84.7 Å². The zero-order chi connectivity index (χ0) is 16.4. The van der Waals surface area contributed by atoms with Crippen LogP contribution in [-0.2, 0) is 6.54 Å². The van der Waals surface area contributed by atoms with Crippen LogP contribution in [0.2, 0.25) is 0 Å². The molecule has 23 heavy (non-hydrogen) atoms. The molecule has 0 unspecified atom stereocenters. The maximum Gasteiger partial charge on any atom is 0.315 e. The molecule has 0 radical (unpaired) electrons. The van der Waals surface area contributed by atoms with Crippen molar-refractivity contribution in [1.29, 1.82) is 0 Å². The second-order valence-corrected chi connectivity index (χ2v) is 7.09. The van der Waals surface area contributed by atoms with Crippen molar-refractivity contribution in [3.05, 3.63) is 27.7 Å². The van der Waals surface area contributed by atoms with Crippen molar-refractivity contribution in [3.8, 4) is 0 Å². The van der Waals surface area contributed by atoms with Crippen molar-refractivity contribution in [3.63, 3.8) is 0 Å². The van der Waals surface area contributed by atoms with Crippen molar-refractivity contribution in [2.45, 2.75) is 58.7 Å². The molecular weight excluding hydrogens is 312 g/mol. The number of aryl methyl sites for hydroxylation is 3. The molecule has 0 spiro atoms. The molecule has 7 nitrogen and oxygen atoms in total. The lowest BCUT2D eigenvalue weighted by Crippen LogP contribution is -2.41. The Morgan fingerprint density at radius 1 is 1.52 bits per heavy atom. The Kier molecular flexibility index (Phi) is 4.61. The van der Waals surface area contributed by atoms with E-state index in [1.54, 1.807) is 11.3 Å². The number of hydrogen-bond acceptors (Lipinski definition) is 5. The van der Waals surface area contributed by atoms with Crippen molar-refractivity contribution in [2.24, 2.45) is 0 Å². The van der Waals surface area contributed by atoms with Crippen LogP contribution in [0.25, 0.3) is 0 Å². The summed E-state index contributed by atoms with van der Waals surface area (Å²) in [4.78, 5) is 22.3. The predicted octanol–water partition coefficient (Wildman–Crippen LogP) is 2.64. The summed E-state index contributed by atoms with van der Waals surface area (Å²) in [6.45, 7) is 6.81. The van der Waals surface area contributed by atoms with Gasteiger partial charge in [-0.15, -0.1) is 11.3 Å². The fourth-order valence-corrected chi connectivity index (χ4v) is 3.74. The Bertz CT molecular complexity index is 694. The summed E-state index contributed by atoms with van der Waals surface area (Å²) in [5.74, 6) is 1.60. The van der Waals surface area contributed by atoms with Crippen LogP contribution in [0.4, 0.5) is 4.79 Å². The molecule has 1 aliphatic rings. The summed E-state index contributed by atoms with van der Waals surface area (Å²) in [5.41, 5.74) is 0. The maximum absolute atomic E-state index is 12.4. The molecule has 1 aliphatic heterocycles. The average molecular weight is 334 g/mol. The zero-order valence-electron chi connectivity index (χ0n) is 13.7. The van der Waals surface area contributed by atoms with E-state index in [2.05, 4.69) is 25.7 Å². The molecule has 3 rings (SSSR count). The summed E-state index contributed by atoms with van der Waals surface area (Å²) in [5, 5.41) is 11.4. The molecule has 0 bridgehead atoms.